The van der Waals surface area contributed by atoms with Crippen molar-refractivity contribution >= 4 is 11.4 Å². The van der Waals surface area contributed by atoms with Crippen molar-refractivity contribution in [2.45, 2.75) is 13.0 Å². The van der Waals surface area contributed by atoms with Crippen LogP contribution in [0, 0.1) is 0 Å². The fraction of sp³-hybridized carbons (Fsp3) is 0.308. The van der Waals surface area contributed by atoms with Gasteiger partial charge in [0, 0.05) is 18.2 Å². The molecule has 4 N–H and O–H groups in total. The van der Waals surface area contributed by atoms with Crippen LogP contribution in [0.2, 0.25) is 0 Å². The average Bonchev–Trinajstić information content (AvgIpc) is 2.75. The first kappa shape index (κ1) is 15.2. The highest BCUT2D eigenvalue weighted by Gasteiger charge is 2.02. The van der Waals surface area contributed by atoms with Crippen LogP contribution in [-0.2, 0) is 13.6 Å². The van der Waals surface area contributed by atoms with Gasteiger partial charge in [-0.3, -0.25) is 0 Å². The van der Waals surface area contributed by atoms with Gasteiger partial charge in [-0.2, -0.15) is 0 Å². The van der Waals surface area contributed by atoms with Crippen molar-refractivity contribution in [3.05, 3.63) is 36.9 Å². The molecule has 0 amide bonds. The predicted octanol–water partition coefficient (Wildman–Crippen LogP) is -2.05. The summed E-state index contributed by atoms with van der Waals surface area (Å²) in [5, 5.41) is 0. The second-order valence-corrected chi connectivity index (χ2v) is 4.32. The summed E-state index contributed by atoms with van der Waals surface area (Å²) in [4.78, 5) is 0. The fourth-order valence-electron chi connectivity index (χ4n) is 1.74. The molecule has 0 spiro atoms. The molecule has 1 aromatic carbocycles. The minimum Gasteiger partial charge on any atom is -1.00 e. The lowest BCUT2D eigenvalue weighted by Gasteiger charge is -2.08. The second-order valence-electron chi connectivity index (χ2n) is 4.32. The number of nitrogens with two attached hydrogens (primary N) is 2. The van der Waals surface area contributed by atoms with Crippen LogP contribution in [0.25, 0.3) is 0 Å². The van der Waals surface area contributed by atoms with Crippen molar-refractivity contribution < 1.29 is 21.7 Å². The Hall–Kier alpha value is -1.88. The molecule has 0 saturated heterocycles. The molecule has 0 aliphatic heterocycles. The van der Waals surface area contributed by atoms with Gasteiger partial charge in [0.15, 0.2) is 0 Å². The number of rotatable bonds is 5. The molecule has 0 unspecified atom stereocenters. The number of aromatic nitrogens is 2. The number of hydrogen-bond donors (Lipinski definition) is 2. The third kappa shape index (κ3) is 4.37. The molecule has 6 heteroatoms. The molecule has 104 valence electrons. The topological polar surface area (TPSA) is 70.1 Å². The monoisotopic (exact) mass is 282 g/mol. The molecule has 2 rings (SSSR count). The van der Waals surface area contributed by atoms with Crippen LogP contribution in [0.1, 0.15) is 6.42 Å². The van der Waals surface area contributed by atoms with Crippen molar-refractivity contribution in [3.8, 4) is 5.75 Å². The van der Waals surface area contributed by atoms with E-state index >= 15 is 0 Å². The fourth-order valence-corrected chi connectivity index (χ4v) is 1.74. The molecule has 2 aromatic rings. The molecule has 0 atom stereocenters. The van der Waals surface area contributed by atoms with Crippen molar-refractivity contribution in [1.29, 1.82) is 0 Å². The Morgan fingerprint density at radius 1 is 1.32 bits per heavy atom. The van der Waals surface area contributed by atoms with Gasteiger partial charge in [0.25, 0.3) is 0 Å². The average molecular weight is 283 g/mol. The standard InChI is InChI=1S/C13H19N4O.ClH/c1-16-6-7-17(10-16)5-2-8-18-13-9-11(14)3-4-12(13)15;/h3-4,6-7,9-10H,2,5,8,14-15H2,1H3;1H/q+1;/p-1. The summed E-state index contributed by atoms with van der Waals surface area (Å²) in [6.45, 7) is 1.54. The Kier molecular flexibility index (Phi) is 5.51. The van der Waals surface area contributed by atoms with E-state index in [1.165, 1.54) is 0 Å². The van der Waals surface area contributed by atoms with Crippen LogP contribution in [0.15, 0.2) is 36.9 Å². The van der Waals surface area contributed by atoms with Crippen molar-refractivity contribution in [3.63, 3.8) is 0 Å². The van der Waals surface area contributed by atoms with Gasteiger partial charge in [-0.1, -0.05) is 0 Å². The summed E-state index contributed by atoms with van der Waals surface area (Å²) in [6, 6.07) is 5.28. The minimum atomic E-state index is 0. The lowest BCUT2D eigenvalue weighted by molar-refractivity contribution is -0.696. The first-order valence-corrected chi connectivity index (χ1v) is 5.94. The van der Waals surface area contributed by atoms with E-state index in [9.17, 15) is 0 Å². The molecule has 0 aliphatic rings. The van der Waals surface area contributed by atoms with Crippen LogP contribution >= 0.6 is 0 Å². The smallest absolute Gasteiger partial charge is 0.243 e. The normalized spacial score (nSPS) is 9.95. The number of anilines is 2. The summed E-state index contributed by atoms with van der Waals surface area (Å²) < 4.78 is 9.75. The van der Waals surface area contributed by atoms with Crippen LogP contribution in [0.5, 0.6) is 5.75 Å². The Morgan fingerprint density at radius 2 is 2.11 bits per heavy atom. The predicted molar refractivity (Wildman–Crippen MR) is 71.0 cm³/mol. The summed E-state index contributed by atoms with van der Waals surface area (Å²) in [5.74, 6) is 0.660. The molecule has 1 aromatic heterocycles. The molecular formula is C13H19ClN4O. The lowest BCUT2D eigenvalue weighted by atomic mass is 10.2. The molecule has 0 aliphatic carbocycles. The number of ether oxygens (including phenoxy) is 1. The quantitative estimate of drug-likeness (QED) is 0.377. The number of hydrogen-bond acceptors (Lipinski definition) is 3. The summed E-state index contributed by atoms with van der Waals surface area (Å²) in [6.07, 6.45) is 7.00. The van der Waals surface area contributed by atoms with E-state index in [4.69, 9.17) is 16.2 Å². The van der Waals surface area contributed by atoms with Gasteiger partial charge in [-0.25, -0.2) is 9.13 Å². The van der Waals surface area contributed by atoms with Crippen LogP contribution in [0.3, 0.4) is 0 Å². The Morgan fingerprint density at radius 3 is 2.79 bits per heavy atom. The van der Waals surface area contributed by atoms with E-state index in [2.05, 4.69) is 4.57 Å². The highest BCUT2D eigenvalue weighted by atomic mass is 35.5. The summed E-state index contributed by atoms with van der Waals surface area (Å²) >= 11 is 0. The third-order valence-corrected chi connectivity index (χ3v) is 2.68. The maximum Gasteiger partial charge on any atom is 0.243 e. The zero-order valence-electron chi connectivity index (χ0n) is 10.9. The van der Waals surface area contributed by atoms with E-state index < -0.39 is 0 Å². The molecular weight excluding hydrogens is 264 g/mol. The van der Waals surface area contributed by atoms with Gasteiger partial charge in [-0.05, 0) is 12.1 Å². The first-order valence-electron chi connectivity index (χ1n) is 5.94. The highest BCUT2D eigenvalue weighted by Crippen LogP contribution is 2.23. The van der Waals surface area contributed by atoms with E-state index in [-0.39, 0.29) is 12.4 Å². The number of halogens is 1. The van der Waals surface area contributed by atoms with E-state index in [1.807, 2.05) is 30.3 Å². The number of aryl methyl sites for hydroxylation is 2. The molecule has 0 fully saturated rings. The maximum atomic E-state index is 5.80. The van der Waals surface area contributed by atoms with Crippen LogP contribution in [-0.4, -0.2) is 11.2 Å². The molecule has 0 bridgehead atoms. The molecule has 1 heterocycles. The van der Waals surface area contributed by atoms with Gasteiger partial charge in [0.2, 0.25) is 6.33 Å². The highest BCUT2D eigenvalue weighted by molar-refractivity contribution is 5.59. The molecule has 0 saturated carbocycles. The van der Waals surface area contributed by atoms with E-state index in [1.54, 1.807) is 18.2 Å². The summed E-state index contributed by atoms with van der Waals surface area (Å²) in [7, 11) is 2.00. The van der Waals surface area contributed by atoms with Gasteiger partial charge < -0.3 is 28.6 Å². The van der Waals surface area contributed by atoms with Crippen molar-refractivity contribution in [2.75, 3.05) is 18.1 Å². The lowest BCUT2D eigenvalue weighted by Crippen LogP contribution is -3.00. The largest absolute Gasteiger partial charge is 1.00 e. The van der Waals surface area contributed by atoms with E-state index in [0.29, 0.717) is 23.7 Å². The van der Waals surface area contributed by atoms with Crippen molar-refractivity contribution in [2.24, 2.45) is 7.05 Å². The molecule has 5 nitrogen and oxygen atoms in total. The maximum absolute atomic E-state index is 5.80. The van der Waals surface area contributed by atoms with Gasteiger partial charge in [-0.15, -0.1) is 0 Å². The number of nitrogens with zero attached hydrogens (tertiary/aromatic N) is 2. The van der Waals surface area contributed by atoms with Gasteiger partial charge in [0.1, 0.15) is 18.1 Å². The van der Waals surface area contributed by atoms with Gasteiger partial charge >= 0.3 is 0 Å². The molecule has 19 heavy (non-hydrogen) atoms. The minimum absolute atomic E-state index is 0. The Balaban J connectivity index is 0.00000180. The Bertz CT molecular complexity index is 527. The number of benzene rings is 1. The first-order chi connectivity index (χ1) is 8.65. The van der Waals surface area contributed by atoms with E-state index in [0.717, 1.165) is 13.0 Å². The Labute approximate surface area is 119 Å². The second kappa shape index (κ2) is 6.89. The SMILES string of the molecule is Cn1cc[n+](CCCOc2cc(N)ccc2N)c1.[Cl-]. The zero-order chi connectivity index (χ0) is 13.0. The number of nitrogen functional groups attached to an aromatic ring is 2. The van der Waals surface area contributed by atoms with Crippen LogP contribution < -0.4 is 33.2 Å². The third-order valence-electron chi connectivity index (χ3n) is 2.68. The molecule has 0 radical (unpaired) electrons. The van der Waals surface area contributed by atoms with Crippen molar-refractivity contribution in [1.82, 2.24) is 4.57 Å². The summed E-state index contributed by atoms with van der Waals surface area (Å²) in [5.41, 5.74) is 12.8. The van der Waals surface area contributed by atoms with Gasteiger partial charge in [0.05, 0.1) is 25.9 Å². The van der Waals surface area contributed by atoms with Crippen LogP contribution in [0.4, 0.5) is 11.4 Å². The number of imidazole rings is 1. The zero-order valence-corrected chi connectivity index (χ0v) is 11.7.